The van der Waals surface area contributed by atoms with Crippen LogP contribution in [-0.4, -0.2) is 11.0 Å². The van der Waals surface area contributed by atoms with Crippen molar-refractivity contribution in [1.29, 1.82) is 0 Å². The van der Waals surface area contributed by atoms with E-state index in [1.165, 1.54) is 10.3 Å². The van der Waals surface area contributed by atoms with Gasteiger partial charge in [0, 0.05) is 6.04 Å². The molecule has 1 atom stereocenters. The molecule has 0 aliphatic rings. The van der Waals surface area contributed by atoms with E-state index in [1.807, 2.05) is 0 Å². The fraction of sp³-hybridized carbons (Fsp3) is 0.462. The second kappa shape index (κ2) is 4.42. The van der Waals surface area contributed by atoms with Crippen LogP contribution in [0.15, 0.2) is 18.2 Å². The Morgan fingerprint density at radius 2 is 2.00 bits per heavy atom. The number of aromatic nitrogens is 1. The fourth-order valence-corrected chi connectivity index (χ4v) is 2.52. The highest BCUT2D eigenvalue weighted by atomic mass is 32.1. The molecule has 0 aliphatic heterocycles. The predicted molar refractivity (Wildman–Crippen MR) is 72.3 cm³/mol. The molecule has 1 aromatic carbocycles. The Morgan fingerprint density at radius 3 is 2.69 bits per heavy atom. The second-order valence-corrected chi connectivity index (χ2v) is 5.70. The van der Waals surface area contributed by atoms with E-state index >= 15 is 0 Å². The summed E-state index contributed by atoms with van der Waals surface area (Å²) in [6.45, 7) is 8.75. The van der Waals surface area contributed by atoms with E-state index in [9.17, 15) is 0 Å². The van der Waals surface area contributed by atoms with E-state index in [0.717, 1.165) is 10.6 Å². The van der Waals surface area contributed by atoms with Crippen LogP contribution in [0.4, 0.5) is 5.13 Å². The highest BCUT2D eigenvalue weighted by Gasteiger charge is 2.09. The monoisotopic (exact) mass is 234 g/mol. The van der Waals surface area contributed by atoms with Crippen molar-refractivity contribution >= 4 is 26.7 Å². The SMILES string of the molecule is Cc1ccc2nc(NC(C)C(C)C)sc2c1. The molecule has 1 aromatic heterocycles. The summed E-state index contributed by atoms with van der Waals surface area (Å²) in [6, 6.07) is 6.85. The number of aryl methyl sites for hydroxylation is 1. The van der Waals surface area contributed by atoms with Crippen molar-refractivity contribution < 1.29 is 0 Å². The van der Waals surface area contributed by atoms with Crippen molar-refractivity contribution in [3.63, 3.8) is 0 Å². The second-order valence-electron chi connectivity index (χ2n) is 4.67. The first-order valence-electron chi connectivity index (χ1n) is 5.70. The lowest BCUT2D eigenvalue weighted by Crippen LogP contribution is -2.21. The van der Waals surface area contributed by atoms with Crippen LogP contribution >= 0.6 is 11.3 Å². The summed E-state index contributed by atoms with van der Waals surface area (Å²) in [6.07, 6.45) is 0. The Kier molecular flexibility index (Phi) is 3.15. The minimum Gasteiger partial charge on any atom is -0.359 e. The quantitative estimate of drug-likeness (QED) is 0.866. The number of fused-ring (bicyclic) bond motifs is 1. The van der Waals surface area contributed by atoms with Crippen LogP contribution in [0, 0.1) is 12.8 Å². The smallest absolute Gasteiger partial charge is 0.184 e. The molecule has 0 saturated heterocycles. The maximum Gasteiger partial charge on any atom is 0.184 e. The van der Waals surface area contributed by atoms with E-state index in [2.05, 4.69) is 56.2 Å². The Morgan fingerprint density at radius 1 is 1.25 bits per heavy atom. The maximum atomic E-state index is 4.58. The van der Waals surface area contributed by atoms with Gasteiger partial charge >= 0.3 is 0 Å². The summed E-state index contributed by atoms with van der Waals surface area (Å²) in [5, 5.41) is 4.49. The van der Waals surface area contributed by atoms with Gasteiger partial charge in [-0.25, -0.2) is 4.98 Å². The van der Waals surface area contributed by atoms with Gasteiger partial charge in [0.25, 0.3) is 0 Å². The van der Waals surface area contributed by atoms with Gasteiger partial charge in [-0.15, -0.1) is 0 Å². The molecule has 86 valence electrons. The Bertz CT molecular complexity index is 488. The molecular formula is C13H18N2S. The molecule has 0 bridgehead atoms. The lowest BCUT2D eigenvalue weighted by Gasteiger charge is -2.16. The van der Waals surface area contributed by atoms with Gasteiger partial charge < -0.3 is 5.32 Å². The lowest BCUT2D eigenvalue weighted by atomic mass is 10.1. The summed E-state index contributed by atoms with van der Waals surface area (Å²) in [7, 11) is 0. The van der Waals surface area contributed by atoms with Crippen molar-refractivity contribution in [2.75, 3.05) is 5.32 Å². The van der Waals surface area contributed by atoms with Crippen molar-refractivity contribution in [2.24, 2.45) is 5.92 Å². The third kappa shape index (κ3) is 2.35. The lowest BCUT2D eigenvalue weighted by molar-refractivity contribution is 0.560. The topological polar surface area (TPSA) is 24.9 Å². The molecule has 0 saturated carbocycles. The van der Waals surface area contributed by atoms with Crippen LogP contribution in [0.5, 0.6) is 0 Å². The molecule has 1 N–H and O–H groups in total. The molecular weight excluding hydrogens is 216 g/mol. The number of hydrogen-bond donors (Lipinski definition) is 1. The number of thiazole rings is 1. The fourth-order valence-electron chi connectivity index (χ4n) is 1.46. The first-order chi connectivity index (χ1) is 7.56. The molecule has 1 heterocycles. The first kappa shape index (κ1) is 11.4. The molecule has 3 heteroatoms. The summed E-state index contributed by atoms with van der Waals surface area (Å²) < 4.78 is 1.26. The number of nitrogens with one attached hydrogen (secondary N) is 1. The molecule has 2 nitrogen and oxygen atoms in total. The maximum absolute atomic E-state index is 4.58. The van der Waals surface area contributed by atoms with Crippen LogP contribution in [-0.2, 0) is 0 Å². The van der Waals surface area contributed by atoms with E-state index < -0.39 is 0 Å². The van der Waals surface area contributed by atoms with E-state index in [-0.39, 0.29) is 0 Å². The number of anilines is 1. The molecule has 0 spiro atoms. The Balaban J connectivity index is 2.26. The molecule has 0 radical (unpaired) electrons. The predicted octanol–water partition coefficient (Wildman–Crippen LogP) is 4.06. The van der Waals surface area contributed by atoms with Crippen LogP contribution in [0.25, 0.3) is 10.2 Å². The highest BCUT2D eigenvalue weighted by Crippen LogP contribution is 2.27. The van der Waals surface area contributed by atoms with Gasteiger partial charge in [0.15, 0.2) is 5.13 Å². The van der Waals surface area contributed by atoms with Gasteiger partial charge in [0.05, 0.1) is 10.2 Å². The highest BCUT2D eigenvalue weighted by molar-refractivity contribution is 7.22. The van der Waals surface area contributed by atoms with E-state index in [0.29, 0.717) is 12.0 Å². The van der Waals surface area contributed by atoms with Gasteiger partial charge in [-0.05, 0) is 37.5 Å². The van der Waals surface area contributed by atoms with Gasteiger partial charge in [-0.2, -0.15) is 0 Å². The van der Waals surface area contributed by atoms with Gasteiger partial charge in [0.1, 0.15) is 0 Å². The zero-order valence-electron chi connectivity index (χ0n) is 10.2. The first-order valence-corrected chi connectivity index (χ1v) is 6.51. The third-order valence-corrected chi connectivity index (χ3v) is 3.84. The Labute approximate surface area is 101 Å². The van der Waals surface area contributed by atoms with Crippen LogP contribution in [0.2, 0.25) is 0 Å². The molecule has 16 heavy (non-hydrogen) atoms. The third-order valence-electron chi connectivity index (χ3n) is 2.90. The number of benzene rings is 1. The average Bonchev–Trinajstić information content (AvgIpc) is 2.58. The van der Waals surface area contributed by atoms with Crippen LogP contribution in [0.3, 0.4) is 0 Å². The molecule has 0 aliphatic carbocycles. The zero-order valence-corrected chi connectivity index (χ0v) is 11.1. The Hall–Kier alpha value is -1.09. The molecule has 1 unspecified atom stereocenters. The van der Waals surface area contributed by atoms with E-state index in [1.54, 1.807) is 11.3 Å². The van der Waals surface area contributed by atoms with Crippen LogP contribution in [0.1, 0.15) is 26.3 Å². The number of nitrogens with zero attached hydrogens (tertiary/aromatic N) is 1. The molecule has 2 rings (SSSR count). The van der Waals surface area contributed by atoms with E-state index in [4.69, 9.17) is 0 Å². The largest absolute Gasteiger partial charge is 0.359 e. The van der Waals surface area contributed by atoms with Crippen molar-refractivity contribution in [3.05, 3.63) is 23.8 Å². The summed E-state index contributed by atoms with van der Waals surface area (Å²) in [4.78, 5) is 4.58. The minimum atomic E-state index is 0.460. The molecule has 0 amide bonds. The number of rotatable bonds is 3. The minimum absolute atomic E-state index is 0.460. The number of hydrogen-bond acceptors (Lipinski definition) is 3. The van der Waals surface area contributed by atoms with Gasteiger partial charge in [-0.1, -0.05) is 31.3 Å². The molecule has 2 aromatic rings. The van der Waals surface area contributed by atoms with Gasteiger partial charge in [-0.3, -0.25) is 0 Å². The summed E-state index contributed by atoms with van der Waals surface area (Å²) >= 11 is 1.73. The van der Waals surface area contributed by atoms with Gasteiger partial charge in [0.2, 0.25) is 0 Å². The standard InChI is InChI=1S/C13H18N2S/c1-8(2)10(4)14-13-15-11-6-5-9(3)7-12(11)16-13/h5-8,10H,1-4H3,(H,14,15). The van der Waals surface area contributed by atoms with Crippen molar-refractivity contribution in [3.8, 4) is 0 Å². The summed E-state index contributed by atoms with van der Waals surface area (Å²) in [5.74, 6) is 0.619. The van der Waals surface area contributed by atoms with Crippen molar-refractivity contribution in [1.82, 2.24) is 4.98 Å². The zero-order chi connectivity index (χ0) is 11.7. The van der Waals surface area contributed by atoms with Crippen LogP contribution < -0.4 is 5.32 Å². The normalized spacial score (nSPS) is 13.3. The molecule has 0 fully saturated rings. The average molecular weight is 234 g/mol. The summed E-state index contributed by atoms with van der Waals surface area (Å²) in [5.41, 5.74) is 2.38. The van der Waals surface area contributed by atoms with Crippen molar-refractivity contribution in [2.45, 2.75) is 33.7 Å².